The summed E-state index contributed by atoms with van der Waals surface area (Å²) in [7, 11) is 0. The second-order valence-electron chi connectivity index (χ2n) is 6.64. The molecule has 3 nitrogen and oxygen atoms in total. The molecule has 0 aliphatic carbocycles. The highest BCUT2D eigenvalue weighted by Gasteiger charge is 2.24. The number of thioether (sulfide) groups is 1. The van der Waals surface area contributed by atoms with Crippen LogP contribution in [0.25, 0.3) is 11.2 Å². The van der Waals surface area contributed by atoms with Gasteiger partial charge in [-0.15, -0.1) is 0 Å². The average molecular weight is 289 g/mol. The molecule has 1 aliphatic heterocycles. The van der Waals surface area contributed by atoms with Gasteiger partial charge in [-0.05, 0) is 63.2 Å². The van der Waals surface area contributed by atoms with Gasteiger partial charge in [-0.25, -0.2) is 9.97 Å². The highest BCUT2D eigenvalue weighted by molar-refractivity contribution is 7.99. The Kier molecular flexibility index (Phi) is 3.76. The highest BCUT2D eigenvalue weighted by Crippen LogP contribution is 2.29. The van der Waals surface area contributed by atoms with Crippen molar-refractivity contribution in [3.63, 3.8) is 0 Å². The van der Waals surface area contributed by atoms with Crippen LogP contribution in [0.5, 0.6) is 0 Å². The Morgan fingerprint density at radius 2 is 2.05 bits per heavy atom. The third-order valence-corrected chi connectivity index (χ3v) is 5.02. The molecule has 108 valence electrons. The van der Waals surface area contributed by atoms with Crippen LogP contribution in [0.15, 0.2) is 18.3 Å². The van der Waals surface area contributed by atoms with Crippen LogP contribution in [0.4, 0.5) is 0 Å². The van der Waals surface area contributed by atoms with E-state index in [1.54, 1.807) is 0 Å². The van der Waals surface area contributed by atoms with Crippen molar-refractivity contribution in [1.82, 2.24) is 14.5 Å². The molecule has 1 fully saturated rings. The van der Waals surface area contributed by atoms with E-state index in [0.29, 0.717) is 0 Å². The number of fused-ring (bicyclic) bond motifs is 1. The molecule has 0 N–H and O–H groups in total. The van der Waals surface area contributed by atoms with E-state index in [2.05, 4.69) is 48.2 Å². The summed E-state index contributed by atoms with van der Waals surface area (Å²) in [5.74, 6) is 4.61. The van der Waals surface area contributed by atoms with Gasteiger partial charge in [-0.3, -0.25) is 0 Å². The molecule has 0 bridgehead atoms. The fraction of sp³-hybridized carbons (Fsp3) is 0.625. The summed E-state index contributed by atoms with van der Waals surface area (Å²) in [6.07, 6.45) is 5.61. The van der Waals surface area contributed by atoms with Gasteiger partial charge in [0.25, 0.3) is 0 Å². The van der Waals surface area contributed by atoms with Gasteiger partial charge >= 0.3 is 0 Å². The molecule has 0 spiro atoms. The minimum absolute atomic E-state index is 0.0296. The molecule has 2 aromatic rings. The number of imidazole rings is 1. The van der Waals surface area contributed by atoms with Crippen molar-refractivity contribution in [3.05, 3.63) is 24.2 Å². The van der Waals surface area contributed by atoms with E-state index in [0.717, 1.165) is 23.5 Å². The van der Waals surface area contributed by atoms with Gasteiger partial charge in [0, 0.05) is 18.2 Å². The maximum Gasteiger partial charge on any atom is 0.160 e. The summed E-state index contributed by atoms with van der Waals surface area (Å²) in [4.78, 5) is 9.42. The summed E-state index contributed by atoms with van der Waals surface area (Å²) >= 11 is 2.08. The smallest absolute Gasteiger partial charge is 0.160 e. The molecule has 1 saturated heterocycles. The van der Waals surface area contributed by atoms with Gasteiger partial charge < -0.3 is 4.57 Å². The van der Waals surface area contributed by atoms with Crippen molar-refractivity contribution in [2.45, 2.75) is 45.6 Å². The fourth-order valence-electron chi connectivity index (χ4n) is 3.01. The first-order chi connectivity index (χ1) is 9.55. The molecule has 0 atom stereocenters. The van der Waals surface area contributed by atoms with Crippen molar-refractivity contribution >= 4 is 22.9 Å². The number of hydrogen-bond acceptors (Lipinski definition) is 3. The molecule has 0 amide bonds. The van der Waals surface area contributed by atoms with Crippen molar-refractivity contribution < 1.29 is 0 Å². The van der Waals surface area contributed by atoms with E-state index < -0.39 is 0 Å². The Balaban J connectivity index is 2.00. The van der Waals surface area contributed by atoms with Gasteiger partial charge in [0.2, 0.25) is 0 Å². The Morgan fingerprint density at radius 3 is 2.75 bits per heavy atom. The summed E-state index contributed by atoms with van der Waals surface area (Å²) in [5, 5.41) is 0. The van der Waals surface area contributed by atoms with E-state index in [4.69, 9.17) is 4.98 Å². The maximum absolute atomic E-state index is 4.87. The SMILES string of the molecule is CC(C)(C)n1c(CC2CCSCC2)nc2cccnc21. The second kappa shape index (κ2) is 5.40. The highest BCUT2D eigenvalue weighted by atomic mass is 32.2. The van der Waals surface area contributed by atoms with Crippen LogP contribution >= 0.6 is 11.8 Å². The predicted octanol–water partition coefficient (Wildman–Crippen LogP) is 3.87. The van der Waals surface area contributed by atoms with Crippen LogP contribution in [-0.4, -0.2) is 26.0 Å². The molecular weight excluding hydrogens is 266 g/mol. The zero-order valence-electron chi connectivity index (χ0n) is 12.6. The lowest BCUT2D eigenvalue weighted by Gasteiger charge is -2.26. The topological polar surface area (TPSA) is 30.7 Å². The Hall–Kier alpha value is -1.03. The normalized spacial score (nSPS) is 17.8. The van der Waals surface area contributed by atoms with Crippen LogP contribution in [0.2, 0.25) is 0 Å². The molecule has 1 aliphatic rings. The lowest BCUT2D eigenvalue weighted by molar-refractivity contribution is 0.373. The van der Waals surface area contributed by atoms with Crippen LogP contribution in [0.1, 0.15) is 39.4 Å². The van der Waals surface area contributed by atoms with Gasteiger partial charge in [0.1, 0.15) is 11.3 Å². The van der Waals surface area contributed by atoms with E-state index in [1.165, 1.54) is 30.2 Å². The zero-order valence-corrected chi connectivity index (χ0v) is 13.4. The largest absolute Gasteiger partial charge is 0.307 e. The number of rotatable bonds is 2. The van der Waals surface area contributed by atoms with Crippen molar-refractivity contribution in [3.8, 4) is 0 Å². The minimum atomic E-state index is 0.0296. The van der Waals surface area contributed by atoms with E-state index in [1.807, 2.05) is 12.3 Å². The number of hydrogen-bond donors (Lipinski definition) is 0. The zero-order chi connectivity index (χ0) is 14.2. The van der Waals surface area contributed by atoms with Crippen LogP contribution < -0.4 is 0 Å². The molecule has 20 heavy (non-hydrogen) atoms. The van der Waals surface area contributed by atoms with Crippen LogP contribution in [-0.2, 0) is 12.0 Å². The summed E-state index contributed by atoms with van der Waals surface area (Å²) in [5.41, 5.74) is 2.09. The van der Waals surface area contributed by atoms with Crippen molar-refractivity contribution in [1.29, 1.82) is 0 Å². The molecule has 0 aromatic carbocycles. The quantitative estimate of drug-likeness (QED) is 0.841. The third-order valence-electron chi connectivity index (χ3n) is 3.97. The predicted molar refractivity (Wildman–Crippen MR) is 86.3 cm³/mol. The molecular formula is C16H23N3S. The van der Waals surface area contributed by atoms with Gasteiger partial charge in [-0.2, -0.15) is 11.8 Å². The van der Waals surface area contributed by atoms with E-state index in [-0.39, 0.29) is 5.54 Å². The van der Waals surface area contributed by atoms with Gasteiger partial charge in [0.05, 0.1) is 0 Å². The maximum atomic E-state index is 4.87. The summed E-state index contributed by atoms with van der Waals surface area (Å²) < 4.78 is 2.34. The molecule has 0 radical (unpaired) electrons. The van der Waals surface area contributed by atoms with Crippen LogP contribution in [0, 0.1) is 5.92 Å². The van der Waals surface area contributed by atoms with Gasteiger partial charge in [0.15, 0.2) is 5.65 Å². The molecule has 0 saturated carbocycles. The lowest BCUT2D eigenvalue weighted by Crippen LogP contribution is -2.26. The third kappa shape index (κ3) is 2.71. The van der Waals surface area contributed by atoms with Crippen molar-refractivity contribution in [2.75, 3.05) is 11.5 Å². The number of nitrogens with zero attached hydrogens (tertiary/aromatic N) is 3. The Labute approximate surface area is 125 Å². The molecule has 4 heteroatoms. The average Bonchev–Trinajstić information content (AvgIpc) is 2.77. The van der Waals surface area contributed by atoms with Gasteiger partial charge in [-0.1, -0.05) is 0 Å². The first-order valence-corrected chi connectivity index (χ1v) is 8.62. The first kappa shape index (κ1) is 13.9. The lowest BCUT2D eigenvalue weighted by atomic mass is 9.97. The number of pyridine rings is 1. The minimum Gasteiger partial charge on any atom is -0.307 e. The van der Waals surface area contributed by atoms with E-state index in [9.17, 15) is 0 Å². The second-order valence-corrected chi connectivity index (χ2v) is 7.87. The fourth-order valence-corrected chi connectivity index (χ4v) is 4.21. The standard InChI is InChI=1S/C16H23N3S/c1-16(2,3)19-14(11-12-6-9-20-10-7-12)18-13-5-4-8-17-15(13)19/h4-5,8,12H,6-7,9-11H2,1-3H3. The molecule has 3 rings (SSSR count). The summed E-state index contributed by atoms with van der Waals surface area (Å²) in [6, 6.07) is 4.05. The molecule has 0 unspecified atom stereocenters. The van der Waals surface area contributed by atoms with E-state index >= 15 is 0 Å². The Morgan fingerprint density at radius 1 is 1.30 bits per heavy atom. The molecule has 2 aromatic heterocycles. The Bertz CT molecular complexity index is 591. The van der Waals surface area contributed by atoms with Crippen molar-refractivity contribution in [2.24, 2.45) is 5.92 Å². The summed E-state index contributed by atoms with van der Waals surface area (Å²) in [6.45, 7) is 6.72. The molecule has 3 heterocycles. The first-order valence-electron chi connectivity index (χ1n) is 7.46. The number of aromatic nitrogens is 3. The van der Waals surface area contributed by atoms with Crippen LogP contribution in [0.3, 0.4) is 0 Å². The monoisotopic (exact) mass is 289 g/mol.